The van der Waals surface area contributed by atoms with Gasteiger partial charge in [-0.3, -0.25) is 9.59 Å². The molecule has 0 aliphatic carbocycles. The van der Waals surface area contributed by atoms with Gasteiger partial charge in [-0.05, 0) is 0 Å². The summed E-state index contributed by atoms with van der Waals surface area (Å²) in [6.45, 7) is 1.54. The van der Waals surface area contributed by atoms with E-state index in [1.54, 1.807) is 7.11 Å². The van der Waals surface area contributed by atoms with Crippen molar-refractivity contribution in [2.24, 2.45) is 5.41 Å². The molecule has 1 N–H and O–H groups in total. The maximum absolute atomic E-state index is 11.6. The molecule has 0 aromatic heterocycles. The number of hydrogen-bond acceptors (Lipinski definition) is 7. The molecule has 5 nitrogen and oxygen atoms in total. The fraction of sp³-hybridized carbons (Fsp3) is 0.857. The zero-order valence-corrected chi connectivity index (χ0v) is 14.1. The van der Waals surface area contributed by atoms with Crippen LogP contribution in [0, 0.1) is 5.41 Å². The fourth-order valence-electron chi connectivity index (χ4n) is 2.02. The standard InChI is InChI=1S/C14H24O5S2/c1-18-8-14(10-20-21-11-14)9-19-7-5-13(17)3-2-12(16)4-6-15/h15H,2-11H2,1H3. The summed E-state index contributed by atoms with van der Waals surface area (Å²) >= 11 is 0. The van der Waals surface area contributed by atoms with Crippen LogP contribution in [0.25, 0.3) is 0 Å². The molecule has 0 aromatic carbocycles. The minimum atomic E-state index is -0.145. The van der Waals surface area contributed by atoms with E-state index in [9.17, 15) is 9.59 Å². The van der Waals surface area contributed by atoms with E-state index in [0.717, 1.165) is 11.5 Å². The van der Waals surface area contributed by atoms with E-state index in [1.165, 1.54) is 0 Å². The topological polar surface area (TPSA) is 72.8 Å². The van der Waals surface area contributed by atoms with Crippen molar-refractivity contribution in [3.63, 3.8) is 0 Å². The molecule has 1 aliphatic rings. The lowest BCUT2D eigenvalue weighted by molar-refractivity contribution is -0.125. The summed E-state index contributed by atoms with van der Waals surface area (Å²) in [5, 5.41) is 8.61. The van der Waals surface area contributed by atoms with Gasteiger partial charge in [0.2, 0.25) is 0 Å². The van der Waals surface area contributed by atoms with Crippen LogP contribution in [0.15, 0.2) is 0 Å². The molecular weight excluding hydrogens is 312 g/mol. The van der Waals surface area contributed by atoms with Gasteiger partial charge in [-0.25, -0.2) is 0 Å². The highest BCUT2D eigenvalue weighted by atomic mass is 33.1. The minimum absolute atomic E-state index is 0.0391. The number of rotatable bonds is 12. The zero-order chi connectivity index (χ0) is 15.6. The minimum Gasteiger partial charge on any atom is -0.396 e. The van der Waals surface area contributed by atoms with Crippen molar-refractivity contribution in [3.05, 3.63) is 0 Å². The first-order chi connectivity index (χ1) is 10.1. The number of aliphatic hydroxyl groups excluding tert-OH is 1. The van der Waals surface area contributed by atoms with E-state index in [0.29, 0.717) is 26.2 Å². The van der Waals surface area contributed by atoms with Crippen LogP contribution in [0.2, 0.25) is 0 Å². The smallest absolute Gasteiger partial charge is 0.135 e. The number of methoxy groups -OCH3 is 1. The fourth-order valence-corrected chi connectivity index (χ4v) is 5.35. The monoisotopic (exact) mass is 336 g/mol. The van der Waals surface area contributed by atoms with E-state index < -0.39 is 0 Å². The number of aliphatic hydroxyl groups is 1. The van der Waals surface area contributed by atoms with Gasteiger partial charge in [-0.1, -0.05) is 21.6 Å². The zero-order valence-electron chi connectivity index (χ0n) is 12.5. The van der Waals surface area contributed by atoms with Gasteiger partial charge in [-0.15, -0.1) is 0 Å². The summed E-state index contributed by atoms with van der Waals surface area (Å²) in [5.74, 6) is 1.99. The molecule has 0 atom stereocenters. The normalized spacial score (nSPS) is 17.0. The highest BCUT2D eigenvalue weighted by Gasteiger charge is 2.35. The molecule has 1 rings (SSSR count). The van der Waals surface area contributed by atoms with Gasteiger partial charge in [0.1, 0.15) is 11.6 Å². The molecule has 7 heteroatoms. The summed E-state index contributed by atoms with van der Waals surface area (Å²) in [4.78, 5) is 22.8. The molecule has 0 amide bonds. The number of hydrogen-bond donors (Lipinski definition) is 1. The first-order valence-electron chi connectivity index (χ1n) is 7.07. The average molecular weight is 336 g/mol. The van der Waals surface area contributed by atoms with Crippen molar-refractivity contribution in [2.45, 2.75) is 25.7 Å². The molecule has 0 aromatic rings. The highest BCUT2D eigenvalue weighted by molar-refractivity contribution is 8.77. The van der Waals surface area contributed by atoms with Crippen LogP contribution >= 0.6 is 21.6 Å². The molecule has 1 heterocycles. The molecule has 0 radical (unpaired) electrons. The first kappa shape index (κ1) is 19.0. The van der Waals surface area contributed by atoms with Crippen LogP contribution in [-0.4, -0.2) is 61.7 Å². The SMILES string of the molecule is COCC1(COCCC(=O)CCC(=O)CCO)CSSC1. The van der Waals surface area contributed by atoms with Crippen molar-refractivity contribution in [2.75, 3.05) is 45.0 Å². The molecule has 0 saturated carbocycles. The Balaban J connectivity index is 2.12. The Morgan fingerprint density at radius 1 is 1.05 bits per heavy atom. The predicted octanol–water partition coefficient (Wildman–Crippen LogP) is 1.72. The molecule has 1 saturated heterocycles. The van der Waals surface area contributed by atoms with Crippen LogP contribution in [0.4, 0.5) is 0 Å². The molecule has 0 bridgehead atoms. The number of ketones is 2. The van der Waals surface area contributed by atoms with E-state index in [1.807, 2.05) is 21.6 Å². The molecule has 1 aliphatic heterocycles. The number of carbonyl (C=O) groups excluding carboxylic acids is 2. The Hall–Kier alpha value is -0.0800. The quantitative estimate of drug-likeness (QED) is 0.430. The Bertz CT molecular complexity index is 329. The Morgan fingerprint density at radius 3 is 2.24 bits per heavy atom. The summed E-state index contributed by atoms with van der Waals surface area (Å²) in [5.41, 5.74) is 0.0597. The summed E-state index contributed by atoms with van der Waals surface area (Å²) in [6, 6.07) is 0. The van der Waals surface area contributed by atoms with Crippen LogP contribution < -0.4 is 0 Å². The third-order valence-electron chi connectivity index (χ3n) is 3.27. The van der Waals surface area contributed by atoms with E-state index in [-0.39, 0.29) is 42.9 Å². The summed E-state index contributed by atoms with van der Waals surface area (Å²) in [6.07, 6.45) is 0.950. The Labute approximate surface area is 133 Å². The van der Waals surface area contributed by atoms with E-state index >= 15 is 0 Å². The second-order valence-corrected chi connectivity index (χ2v) is 7.77. The van der Waals surface area contributed by atoms with E-state index in [4.69, 9.17) is 14.6 Å². The third kappa shape index (κ3) is 7.65. The largest absolute Gasteiger partial charge is 0.396 e. The molecule has 0 spiro atoms. The predicted molar refractivity (Wildman–Crippen MR) is 85.6 cm³/mol. The van der Waals surface area contributed by atoms with Gasteiger partial charge in [0.05, 0.1) is 19.8 Å². The summed E-state index contributed by atoms with van der Waals surface area (Å²) < 4.78 is 10.9. The van der Waals surface area contributed by atoms with Crippen molar-refractivity contribution >= 4 is 33.2 Å². The first-order valence-corrected chi connectivity index (χ1v) is 9.56. The number of ether oxygens (including phenoxy) is 2. The molecule has 1 fully saturated rings. The number of Topliss-reactive ketones (excluding diaryl/α,β-unsaturated/α-hetero) is 2. The average Bonchev–Trinajstić information content (AvgIpc) is 2.91. The maximum Gasteiger partial charge on any atom is 0.135 e. The molecular formula is C14H24O5S2. The van der Waals surface area contributed by atoms with Gasteiger partial charge in [-0.2, -0.15) is 0 Å². The lowest BCUT2D eigenvalue weighted by Gasteiger charge is -2.26. The molecule has 122 valence electrons. The maximum atomic E-state index is 11.6. The second kappa shape index (κ2) is 10.6. The van der Waals surface area contributed by atoms with Crippen LogP contribution in [0.1, 0.15) is 25.7 Å². The van der Waals surface area contributed by atoms with E-state index in [2.05, 4.69) is 0 Å². The van der Waals surface area contributed by atoms with Gasteiger partial charge in [0.25, 0.3) is 0 Å². The lowest BCUT2D eigenvalue weighted by atomic mass is 9.95. The summed E-state index contributed by atoms with van der Waals surface area (Å²) in [7, 11) is 5.36. The van der Waals surface area contributed by atoms with Crippen LogP contribution in [0.3, 0.4) is 0 Å². The Morgan fingerprint density at radius 2 is 1.67 bits per heavy atom. The lowest BCUT2D eigenvalue weighted by Crippen LogP contribution is -2.34. The van der Waals surface area contributed by atoms with Crippen molar-refractivity contribution in [1.29, 1.82) is 0 Å². The Kier molecular flexibility index (Phi) is 9.59. The molecule has 0 unspecified atom stereocenters. The molecule has 21 heavy (non-hydrogen) atoms. The number of carbonyl (C=O) groups is 2. The second-order valence-electron chi connectivity index (χ2n) is 5.31. The third-order valence-corrected chi connectivity index (χ3v) is 6.11. The van der Waals surface area contributed by atoms with Gasteiger partial charge >= 0.3 is 0 Å². The van der Waals surface area contributed by atoms with Crippen molar-refractivity contribution in [3.8, 4) is 0 Å². The van der Waals surface area contributed by atoms with Gasteiger partial charge in [0.15, 0.2) is 0 Å². The van der Waals surface area contributed by atoms with Gasteiger partial charge < -0.3 is 14.6 Å². The highest BCUT2D eigenvalue weighted by Crippen LogP contribution is 2.43. The van der Waals surface area contributed by atoms with Crippen LogP contribution in [0.5, 0.6) is 0 Å². The van der Waals surface area contributed by atoms with Crippen LogP contribution in [-0.2, 0) is 19.1 Å². The van der Waals surface area contributed by atoms with Crippen molar-refractivity contribution < 1.29 is 24.2 Å². The van der Waals surface area contributed by atoms with Gasteiger partial charge in [0, 0.05) is 56.3 Å². The van der Waals surface area contributed by atoms with Crippen molar-refractivity contribution in [1.82, 2.24) is 0 Å².